The predicted octanol–water partition coefficient (Wildman–Crippen LogP) is -0.269. The van der Waals surface area contributed by atoms with Crippen molar-refractivity contribution < 1.29 is 50.1 Å². The van der Waals surface area contributed by atoms with Gasteiger partial charge in [-0.1, -0.05) is 0 Å². The summed E-state index contributed by atoms with van der Waals surface area (Å²) >= 11 is 0. The van der Waals surface area contributed by atoms with Crippen LogP contribution in [-0.2, 0) is 45.3 Å². The number of hydrogen-bond donors (Lipinski definition) is 1. The van der Waals surface area contributed by atoms with Gasteiger partial charge < -0.3 is 50.1 Å². The third kappa shape index (κ3) is 4.34. The summed E-state index contributed by atoms with van der Waals surface area (Å²) in [6.07, 6.45) is 0. The third-order valence-corrected chi connectivity index (χ3v) is 34.2. The second-order valence-corrected chi connectivity index (χ2v) is 27.9. The lowest BCUT2D eigenvalue weighted by atomic mass is 11.9. The fourth-order valence-electron chi connectivity index (χ4n) is 3.61. The zero-order valence-electron chi connectivity index (χ0n) is 15.9. The summed E-state index contributed by atoms with van der Waals surface area (Å²) in [4.78, 5) is 10.4. The van der Waals surface area contributed by atoms with Gasteiger partial charge in [-0.2, -0.15) is 0 Å². The minimum Gasteiger partial charge on any atom is -0.394 e. The molecule has 154 valence electrons. The Kier molecular flexibility index (Phi) is 5.08. The summed E-state index contributed by atoms with van der Waals surface area (Å²) in [6, 6.07) is 0. The summed E-state index contributed by atoms with van der Waals surface area (Å²) in [5, 5.41) is 0. The molecule has 0 aliphatic carbocycles. The van der Waals surface area contributed by atoms with E-state index >= 15 is 0 Å². The van der Waals surface area contributed by atoms with Crippen LogP contribution in [0.5, 0.6) is 0 Å². The Hall–Kier alpha value is 1.26. The highest BCUT2D eigenvalue weighted by molar-refractivity contribution is 6.97. The van der Waals surface area contributed by atoms with E-state index in [0.29, 0.717) is 0 Å². The molecule has 4 unspecified atom stereocenters. The van der Waals surface area contributed by atoms with Gasteiger partial charge in [0.2, 0.25) is 0 Å². The highest BCUT2D eigenvalue weighted by Crippen LogP contribution is 2.41. The van der Waals surface area contributed by atoms with Crippen LogP contribution in [0.15, 0.2) is 0 Å². The Morgan fingerprint density at radius 3 is 1.11 bits per heavy atom. The molecule has 27 heavy (non-hydrogen) atoms. The average molecular weight is 523 g/mol. The van der Waals surface area contributed by atoms with Crippen LogP contribution in [0.2, 0.25) is 45.8 Å². The van der Waals surface area contributed by atoms with E-state index < -0.39 is 71.6 Å². The van der Waals surface area contributed by atoms with E-state index in [1.54, 1.807) is 45.8 Å². The van der Waals surface area contributed by atoms with Crippen LogP contribution < -0.4 is 0 Å². The van der Waals surface area contributed by atoms with Crippen LogP contribution >= 0.6 is 0 Å². The van der Waals surface area contributed by atoms with Gasteiger partial charge in [-0.05, 0) is 6.55 Å². The fraction of sp³-hybridized carbons (Fsp3) is 1.00. The summed E-state index contributed by atoms with van der Waals surface area (Å²) in [5.74, 6) is 0. The Morgan fingerprint density at radius 2 is 0.741 bits per heavy atom. The quantitative estimate of drug-likeness (QED) is 0.421. The average Bonchev–Trinajstić information content (AvgIpc) is 2.25. The summed E-state index contributed by atoms with van der Waals surface area (Å²) < 4.78 is 67.5. The lowest BCUT2D eigenvalue weighted by Gasteiger charge is -2.55. The van der Waals surface area contributed by atoms with Crippen molar-refractivity contribution >= 4 is 71.6 Å². The van der Waals surface area contributed by atoms with Crippen LogP contribution in [0.4, 0.5) is 0 Å². The van der Waals surface area contributed by atoms with Gasteiger partial charge in [0, 0.05) is 39.3 Å². The van der Waals surface area contributed by atoms with Crippen molar-refractivity contribution in [2.24, 2.45) is 0 Å². The fourth-order valence-corrected chi connectivity index (χ4v) is 40.0. The van der Waals surface area contributed by atoms with E-state index in [9.17, 15) is 4.80 Å². The molecule has 1 N–H and O–H groups in total. The Bertz CT molecular complexity index is 537. The maximum absolute atomic E-state index is 10.4. The molecule has 0 spiro atoms. The number of hydrogen-bond acceptors (Lipinski definition) is 12. The van der Waals surface area contributed by atoms with Gasteiger partial charge >= 0.3 is 71.6 Å². The molecule has 0 aromatic rings. The largest absolute Gasteiger partial charge is 0.558 e. The Morgan fingerprint density at radius 1 is 0.481 bits per heavy atom. The van der Waals surface area contributed by atoms with Crippen molar-refractivity contribution in [3.8, 4) is 0 Å². The monoisotopic (exact) mass is 522 g/mol. The van der Waals surface area contributed by atoms with E-state index in [4.69, 9.17) is 45.3 Å². The zero-order chi connectivity index (χ0) is 19.9. The molecule has 4 aliphatic rings. The Balaban J connectivity index is 1.90. The third-order valence-electron chi connectivity index (χ3n) is 3.80. The van der Waals surface area contributed by atoms with Gasteiger partial charge in [0.1, 0.15) is 0 Å². The minimum atomic E-state index is -3.51. The lowest BCUT2D eigenvalue weighted by molar-refractivity contribution is 0.0186. The molecule has 20 heteroatoms. The molecule has 12 nitrogen and oxygen atoms in total. The number of fused-ring (bicyclic) bond motifs is 4. The van der Waals surface area contributed by atoms with E-state index in [2.05, 4.69) is 0 Å². The SMILES string of the molecule is C[Si]1O[Si]2(C)O[Si]3(C)O[Si](O)O[Si]4(C)O[Si](C)(O1)O[Si](C)(O2)O[Si](C)(O3)O4. The van der Waals surface area contributed by atoms with Gasteiger partial charge in [-0.15, -0.1) is 0 Å². The first kappa shape index (κ1) is 21.5. The summed E-state index contributed by atoms with van der Waals surface area (Å²) in [5.41, 5.74) is 0. The predicted molar refractivity (Wildman–Crippen MR) is 101 cm³/mol. The van der Waals surface area contributed by atoms with E-state index in [0.717, 1.165) is 0 Å². The van der Waals surface area contributed by atoms with Crippen molar-refractivity contribution in [3.05, 3.63) is 0 Å². The molecule has 0 amide bonds. The Labute approximate surface area is 167 Å². The first-order valence-electron chi connectivity index (χ1n) is 8.21. The van der Waals surface area contributed by atoms with Crippen molar-refractivity contribution in [2.45, 2.75) is 45.8 Å². The zero-order valence-corrected chi connectivity index (χ0v) is 23.9. The molecule has 4 fully saturated rings. The first-order chi connectivity index (χ1) is 12.2. The topological polar surface area (TPSA) is 122 Å². The van der Waals surface area contributed by atoms with Gasteiger partial charge in [0.15, 0.2) is 0 Å². The van der Waals surface area contributed by atoms with Gasteiger partial charge in [0.25, 0.3) is 0 Å². The molecule has 4 heterocycles. The maximum Gasteiger partial charge on any atom is 0.558 e. The molecular formula is C7H22O12Si8. The summed E-state index contributed by atoms with van der Waals surface area (Å²) in [7, 11) is -25.3. The first-order valence-corrected chi connectivity index (χ1v) is 24.6. The second-order valence-electron chi connectivity index (χ2n) is 7.05. The smallest absolute Gasteiger partial charge is 0.394 e. The van der Waals surface area contributed by atoms with Crippen LogP contribution in [0.25, 0.3) is 0 Å². The normalized spacial score (nSPS) is 57.3. The van der Waals surface area contributed by atoms with Gasteiger partial charge in [0.05, 0.1) is 0 Å². The molecule has 4 saturated heterocycles. The minimum absolute atomic E-state index is 1.63. The highest BCUT2D eigenvalue weighted by Gasteiger charge is 2.72. The van der Waals surface area contributed by atoms with Crippen LogP contribution in [0.3, 0.4) is 0 Å². The summed E-state index contributed by atoms with van der Waals surface area (Å²) in [6.45, 7) is 11.9. The molecule has 0 saturated carbocycles. The highest BCUT2D eigenvalue weighted by atomic mass is 28.6. The molecule has 4 aliphatic heterocycles. The lowest BCUT2D eigenvalue weighted by Crippen LogP contribution is -2.80. The van der Waals surface area contributed by atoms with Crippen molar-refractivity contribution in [1.29, 1.82) is 0 Å². The maximum atomic E-state index is 10.4. The molecular weight excluding hydrogens is 501 g/mol. The van der Waals surface area contributed by atoms with Crippen molar-refractivity contribution in [3.63, 3.8) is 0 Å². The molecule has 0 aromatic heterocycles. The second kappa shape index (κ2) is 6.38. The van der Waals surface area contributed by atoms with Crippen LogP contribution in [0.1, 0.15) is 0 Å². The van der Waals surface area contributed by atoms with E-state index in [-0.39, 0.29) is 0 Å². The van der Waals surface area contributed by atoms with E-state index in [1.165, 1.54) is 0 Å². The molecule has 4 atom stereocenters. The molecule has 0 aromatic carbocycles. The molecule has 4 rings (SSSR count). The van der Waals surface area contributed by atoms with Crippen molar-refractivity contribution in [1.82, 2.24) is 0 Å². The van der Waals surface area contributed by atoms with Gasteiger partial charge in [-0.25, -0.2) is 0 Å². The van der Waals surface area contributed by atoms with Crippen molar-refractivity contribution in [2.75, 3.05) is 0 Å². The molecule has 2 radical (unpaired) electrons. The molecule has 6 bridgehead atoms. The number of rotatable bonds is 0. The van der Waals surface area contributed by atoms with Gasteiger partial charge in [-0.3, -0.25) is 0 Å². The standard InChI is InChI=1S/C7H22O12Si8/c1-20-9-22(2)13-24(4)11-21(8)12-25(5)14-23(3,10-20)16-26(6,15-22)19-27(7,17-24)18-25/h8H,1-7H3. The van der Waals surface area contributed by atoms with Crippen LogP contribution in [0, 0.1) is 0 Å². The van der Waals surface area contributed by atoms with Crippen LogP contribution in [-0.4, -0.2) is 76.4 Å². The van der Waals surface area contributed by atoms with E-state index in [1.807, 2.05) is 0 Å².